The largest absolute Gasteiger partial charge is 0.326 e. The Balaban J connectivity index is 1.62. The average Bonchev–Trinajstić information content (AvgIpc) is 3.33. The van der Waals surface area contributed by atoms with Gasteiger partial charge in [0.2, 0.25) is 11.8 Å². The number of carbonyl (C=O) groups is 2. The number of rotatable bonds is 8. The Labute approximate surface area is 174 Å². The van der Waals surface area contributed by atoms with Crippen molar-refractivity contribution in [1.29, 1.82) is 0 Å². The van der Waals surface area contributed by atoms with Crippen molar-refractivity contribution in [3.63, 3.8) is 0 Å². The van der Waals surface area contributed by atoms with Crippen LogP contribution < -0.4 is 10.6 Å². The van der Waals surface area contributed by atoms with Crippen LogP contribution in [0.5, 0.6) is 0 Å². The molecule has 2 amide bonds. The zero-order valence-electron chi connectivity index (χ0n) is 15.8. The zero-order valence-corrected chi connectivity index (χ0v) is 17.4. The van der Waals surface area contributed by atoms with Gasteiger partial charge < -0.3 is 15.2 Å². The molecule has 2 N–H and O–H groups in total. The number of hydrogen-bond acceptors (Lipinski definition) is 7. The molecule has 8 nitrogen and oxygen atoms in total. The lowest BCUT2D eigenvalue weighted by Crippen LogP contribution is -2.23. The average molecular weight is 435 g/mol. The van der Waals surface area contributed by atoms with E-state index in [1.165, 1.54) is 47.4 Å². The minimum Gasteiger partial charge on any atom is -0.326 e. The van der Waals surface area contributed by atoms with Crippen molar-refractivity contribution >= 4 is 45.7 Å². The van der Waals surface area contributed by atoms with Gasteiger partial charge in [0.25, 0.3) is 0 Å². The fourth-order valence-electron chi connectivity index (χ4n) is 2.44. The summed E-state index contributed by atoms with van der Waals surface area (Å²) < 4.78 is 14.8. The first kappa shape index (κ1) is 20.9. The maximum absolute atomic E-state index is 13.0. The number of hydrogen-bond donors (Lipinski definition) is 2. The molecule has 0 aliphatic heterocycles. The van der Waals surface area contributed by atoms with Gasteiger partial charge in [-0.15, -0.1) is 21.5 Å². The molecule has 0 saturated carbocycles. The number of anilines is 2. The van der Waals surface area contributed by atoms with Crippen molar-refractivity contribution in [2.75, 3.05) is 10.6 Å². The summed E-state index contributed by atoms with van der Waals surface area (Å²) in [5.41, 5.74) is 0.501. The number of halogens is 1. The van der Waals surface area contributed by atoms with E-state index < -0.39 is 5.25 Å². The Morgan fingerprint density at radius 1 is 1.24 bits per heavy atom. The topological polar surface area (TPSA) is 102 Å². The summed E-state index contributed by atoms with van der Waals surface area (Å²) >= 11 is 2.60. The van der Waals surface area contributed by atoms with E-state index in [0.29, 0.717) is 28.3 Å². The van der Waals surface area contributed by atoms with E-state index >= 15 is 0 Å². The molecule has 3 aromatic rings. The summed E-state index contributed by atoms with van der Waals surface area (Å²) in [5, 5.41) is 16.1. The summed E-state index contributed by atoms with van der Waals surface area (Å²) in [6.07, 6.45) is 1.63. The van der Waals surface area contributed by atoms with Gasteiger partial charge in [0.05, 0.1) is 11.7 Å². The summed E-state index contributed by atoms with van der Waals surface area (Å²) in [6.45, 7) is 4.23. The van der Waals surface area contributed by atoms with Crippen molar-refractivity contribution in [2.24, 2.45) is 0 Å². The van der Waals surface area contributed by atoms with E-state index in [1.807, 2.05) is 6.92 Å². The van der Waals surface area contributed by atoms with E-state index in [2.05, 4.69) is 25.8 Å². The van der Waals surface area contributed by atoms with Crippen LogP contribution in [0.3, 0.4) is 0 Å². The van der Waals surface area contributed by atoms with E-state index in [9.17, 15) is 14.0 Å². The van der Waals surface area contributed by atoms with Crippen molar-refractivity contribution in [1.82, 2.24) is 19.7 Å². The number of nitrogens with one attached hydrogen (secondary N) is 2. The van der Waals surface area contributed by atoms with Gasteiger partial charge in [0.1, 0.15) is 11.6 Å². The molecule has 1 atom stereocenters. The molecule has 1 aromatic carbocycles. The predicted molar refractivity (Wildman–Crippen MR) is 110 cm³/mol. The van der Waals surface area contributed by atoms with Gasteiger partial charge in [0, 0.05) is 23.8 Å². The number of amides is 2. The molecule has 29 heavy (non-hydrogen) atoms. The van der Waals surface area contributed by atoms with Crippen molar-refractivity contribution in [3.8, 4) is 0 Å². The maximum Gasteiger partial charge on any atom is 0.239 e. The van der Waals surface area contributed by atoms with Crippen molar-refractivity contribution < 1.29 is 14.0 Å². The first-order valence-electron chi connectivity index (χ1n) is 8.80. The summed E-state index contributed by atoms with van der Waals surface area (Å²) in [5.74, 6) is -0.360. The second kappa shape index (κ2) is 9.61. The molecule has 0 aliphatic carbocycles. The van der Waals surface area contributed by atoms with Crippen LogP contribution in [0, 0.1) is 5.82 Å². The molecular formula is C18H19FN6O2S2. The van der Waals surface area contributed by atoms with E-state index in [4.69, 9.17) is 0 Å². The second-order valence-corrected chi connectivity index (χ2v) is 8.16. The van der Waals surface area contributed by atoms with Gasteiger partial charge in [-0.3, -0.25) is 9.59 Å². The normalized spacial score (nSPS) is 11.8. The maximum atomic E-state index is 13.0. The highest BCUT2D eigenvalue weighted by molar-refractivity contribution is 8.00. The van der Waals surface area contributed by atoms with Gasteiger partial charge in [-0.25, -0.2) is 9.37 Å². The third-order valence-electron chi connectivity index (χ3n) is 3.87. The molecule has 3 rings (SSSR count). The highest BCUT2D eigenvalue weighted by Gasteiger charge is 2.21. The van der Waals surface area contributed by atoms with Crippen LogP contribution in [0.4, 0.5) is 15.2 Å². The quantitative estimate of drug-likeness (QED) is 0.528. The van der Waals surface area contributed by atoms with E-state index in [-0.39, 0.29) is 24.1 Å². The molecule has 0 fully saturated rings. The molecule has 152 valence electrons. The van der Waals surface area contributed by atoms with Crippen molar-refractivity contribution in [3.05, 3.63) is 47.5 Å². The number of nitrogens with zero attached hydrogens (tertiary/aromatic N) is 4. The Kier molecular flexibility index (Phi) is 6.94. The van der Waals surface area contributed by atoms with Crippen molar-refractivity contribution in [2.45, 2.75) is 37.2 Å². The molecule has 0 saturated heterocycles. The number of benzene rings is 1. The summed E-state index contributed by atoms with van der Waals surface area (Å²) in [6, 6.07) is 5.53. The Bertz CT molecular complexity index is 975. The third kappa shape index (κ3) is 5.61. The van der Waals surface area contributed by atoms with Gasteiger partial charge >= 0.3 is 0 Å². The molecule has 0 radical (unpaired) electrons. The fourth-order valence-corrected chi connectivity index (χ4v) is 3.90. The number of thiazole rings is 1. The highest BCUT2D eigenvalue weighted by Crippen LogP contribution is 2.24. The first-order valence-corrected chi connectivity index (χ1v) is 10.6. The monoisotopic (exact) mass is 434 g/mol. The molecule has 1 unspecified atom stereocenters. The van der Waals surface area contributed by atoms with Crippen LogP contribution in [0.2, 0.25) is 0 Å². The Morgan fingerprint density at radius 3 is 2.66 bits per heavy atom. The third-order valence-corrected chi connectivity index (χ3v) is 5.64. The Hall–Kier alpha value is -2.79. The standard InChI is InChI=1S/C18H19FN6O2S2/c1-3-25-14(10-15(26)21-13-6-4-12(19)5-7-13)23-24-18(25)29-11(2)16(27)22-17-20-8-9-28-17/h4-9,11H,3,10H2,1-2H3,(H,21,26)(H,20,22,27). The van der Waals surface area contributed by atoms with Crippen LogP contribution in [-0.4, -0.2) is 36.8 Å². The van der Waals surface area contributed by atoms with E-state index in [1.54, 1.807) is 23.1 Å². The molecule has 0 spiro atoms. The predicted octanol–water partition coefficient (Wildman–Crippen LogP) is 3.19. The minimum atomic E-state index is -0.422. The summed E-state index contributed by atoms with van der Waals surface area (Å²) in [4.78, 5) is 28.6. The smallest absolute Gasteiger partial charge is 0.239 e. The van der Waals surface area contributed by atoms with Crippen LogP contribution in [0.15, 0.2) is 41.0 Å². The zero-order chi connectivity index (χ0) is 20.8. The van der Waals surface area contributed by atoms with Gasteiger partial charge in [-0.05, 0) is 38.1 Å². The molecule has 0 aliphatic rings. The number of carbonyl (C=O) groups excluding carboxylic acids is 2. The lowest BCUT2D eigenvalue weighted by molar-refractivity contribution is -0.116. The molecule has 2 aromatic heterocycles. The van der Waals surface area contributed by atoms with Crippen LogP contribution in [0.25, 0.3) is 0 Å². The second-order valence-electron chi connectivity index (χ2n) is 5.96. The van der Waals surface area contributed by atoms with Crippen LogP contribution in [0.1, 0.15) is 19.7 Å². The van der Waals surface area contributed by atoms with Gasteiger partial charge in [-0.1, -0.05) is 11.8 Å². The molecular weight excluding hydrogens is 415 g/mol. The number of thioether (sulfide) groups is 1. The highest BCUT2D eigenvalue weighted by atomic mass is 32.2. The first-order chi connectivity index (χ1) is 14.0. The fraction of sp³-hybridized carbons (Fsp3) is 0.278. The molecule has 2 heterocycles. The molecule has 0 bridgehead atoms. The molecule has 11 heteroatoms. The van der Waals surface area contributed by atoms with Gasteiger partial charge in [0.15, 0.2) is 10.3 Å². The minimum absolute atomic E-state index is 0.0124. The number of aromatic nitrogens is 4. The lowest BCUT2D eigenvalue weighted by atomic mass is 10.3. The summed E-state index contributed by atoms with van der Waals surface area (Å²) in [7, 11) is 0. The Morgan fingerprint density at radius 2 is 2.00 bits per heavy atom. The van der Waals surface area contributed by atoms with Crippen LogP contribution in [-0.2, 0) is 22.6 Å². The lowest BCUT2D eigenvalue weighted by Gasteiger charge is -2.11. The SMILES string of the molecule is CCn1c(CC(=O)Nc2ccc(F)cc2)nnc1SC(C)C(=O)Nc1nccs1. The van der Waals surface area contributed by atoms with Gasteiger partial charge in [-0.2, -0.15) is 0 Å². The van der Waals surface area contributed by atoms with E-state index in [0.717, 1.165) is 0 Å². The van der Waals surface area contributed by atoms with Crippen LogP contribution >= 0.6 is 23.1 Å².